The van der Waals surface area contributed by atoms with Crippen LogP contribution < -0.4 is 11.5 Å². The summed E-state index contributed by atoms with van der Waals surface area (Å²) in [6, 6.07) is 15.0. The molecule has 0 aliphatic rings. The second-order valence-electron chi connectivity index (χ2n) is 8.99. The summed E-state index contributed by atoms with van der Waals surface area (Å²) in [6.45, 7) is 8.64. The largest absolute Gasteiger partial charge is 0.462 e. The quantitative estimate of drug-likeness (QED) is 0.361. The van der Waals surface area contributed by atoms with Gasteiger partial charge in [-0.05, 0) is 55.0 Å². The third kappa shape index (κ3) is 7.53. The van der Waals surface area contributed by atoms with Gasteiger partial charge in [0.2, 0.25) is 5.91 Å². The lowest BCUT2D eigenvalue weighted by molar-refractivity contribution is 0.0508. The van der Waals surface area contributed by atoms with Crippen molar-refractivity contribution in [1.29, 1.82) is 0 Å². The predicted molar refractivity (Wildman–Crippen MR) is 149 cm³/mol. The summed E-state index contributed by atoms with van der Waals surface area (Å²) >= 11 is 0. The van der Waals surface area contributed by atoms with Crippen molar-refractivity contribution in [2.75, 3.05) is 6.61 Å². The van der Waals surface area contributed by atoms with Crippen LogP contribution in [0.3, 0.4) is 0 Å². The molecule has 1 aromatic heterocycles. The number of pyridine rings is 1. The molecule has 0 bridgehead atoms. The van der Waals surface area contributed by atoms with Crippen LogP contribution in [0.25, 0.3) is 11.1 Å². The SMILES string of the molecule is Cc1ccc(-c2c(CN)c(CC(C)C)nc(C)c2C(=O)OCCc2ccc(C(N)=O)cc2)cc1.Cl.Cl. The number of nitrogens with two attached hydrogens (primary N) is 2. The highest BCUT2D eigenvalue weighted by molar-refractivity contribution is 5.99. The predicted octanol–water partition coefficient (Wildman–Crippen LogP) is 5.36. The monoisotopic (exact) mass is 531 g/mol. The number of rotatable bonds is 9. The normalized spacial score (nSPS) is 10.4. The van der Waals surface area contributed by atoms with Crippen LogP contribution in [0, 0.1) is 19.8 Å². The molecule has 1 amide bonds. The van der Waals surface area contributed by atoms with Gasteiger partial charge in [0.1, 0.15) is 0 Å². The lowest BCUT2D eigenvalue weighted by Crippen LogP contribution is -2.18. The molecule has 8 heteroatoms. The molecule has 1 heterocycles. The van der Waals surface area contributed by atoms with Crippen LogP contribution in [-0.4, -0.2) is 23.5 Å². The first-order chi connectivity index (χ1) is 16.2. The second-order valence-corrected chi connectivity index (χ2v) is 8.99. The fraction of sp³-hybridized carbons (Fsp3) is 0.321. The number of benzene rings is 2. The topological polar surface area (TPSA) is 108 Å². The number of halogens is 2. The van der Waals surface area contributed by atoms with E-state index in [0.717, 1.165) is 39.9 Å². The number of aromatic nitrogens is 1. The maximum absolute atomic E-state index is 13.3. The Morgan fingerprint density at radius 2 is 1.58 bits per heavy atom. The van der Waals surface area contributed by atoms with Gasteiger partial charge in [-0.3, -0.25) is 9.78 Å². The molecule has 0 fully saturated rings. The number of esters is 1. The Hall–Kier alpha value is -2.93. The van der Waals surface area contributed by atoms with Gasteiger partial charge in [-0.2, -0.15) is 0 Å². The third-order valence-electron chi connectivity index (χ3n) is 5.78. The Balaban J connectivity index is 0.00000324. The number of carbonyl (C=O) groups excluding carboxylic acids is 2. The Morgan fingerprint density at radius 3 is 2.11 bits per heavy atom. The van der Waals surface area contributed by atoms with Gasteiger partial charge in [-0.25, -0.2) is 4.79 Å². The molecule has 6 nitrogen and oxygen atoms in total. The Morgan fingerprint density at radius 1 is 0.972 bits per heavy atom. The van der Waals surface area contributed by atoms with E-state index in [-0.39, 0.29) is 38.0 Å². The average molecular weight is 533 g/mol. The van der Waals surface area contributed by atoms with Crippen molar-refractivity contribution in [2.24, 2.45) is 17.4 Å². The summed E-state index contributed by atoms with van der Waals surface area (Å²) < 4.78 is 5.69. The molecule has 36 heavy (non-hydrogen) atoms. The van der Waals surface area contributed by atoms with Gasteiger partial charge in [-0.1, -0.05) is 55.8 Å². The number of carbonyl (C=O) groups is 2. The minimum absolute atomic E-state index is 0. The van der Waals surface area contributed by atoms with E-state index in [2.05, 4.69) is 13.8 Å². The van der Waals surface area contributed by atoms with Crippen LogP contribution in [0.5, 0.6) is 0 Å². The van der Waals surface area contributed by atoms with Gasteiger partial charge in [0.15, 0.2) is 0 Å². The van der Waals surface area contributed by atoms with E-state index in [1.54, 1.807) is 12.1 Å². The van der Waals surface area contributed by atoms with Crippen molar-refractivity contribution >= 4 is 36.7 Å². The molecular formula is C28H35Cl2N3O3. The van der Waals surface area contributed by atoms with E-state index < -0.39 is 11.9 Å². The molecule has 0 atom stereocenters. The minimum Gasteiger partial charge on any atom is -0.462 e. The molecule has 3 rings (SSSR count). The summed E-state index contributed by atoms with van der Waals surface area (Å²) in [4.78, 5) is 29.3. The van der Waals surface area contributed by atoms with Gasteiger partial charge in [0.25, 0.3) is 0 Å². The summed E-state index contributed by atoms with van der Waals surface area (Å²) in [5.41, 5.74) is 18.7. The molecule has 0 spiro atoms. The molecular weight excluding hydrogens is 497 g/mol. The molecule has 0 aliphatic carbocycles. The second kappa shape index (κ2) is 14.0. The number of amides is 1. The fourth-order valence-corrected chi connectivity index (χ4v) is 4.04. The lowest BCUT2D eigenvalue weighted by atomic mass is 9.90. The number of hydrogen-bond acceptors (Lipinski definition) is 5. The summed E-state index contributed by atoms with van der Waals surface area (Å²) in [5.74, 6) is -0.483. The van der Waals surface area contributed by atoms with Gasteiger partial charge in [0.05, 0.1) is 17.9 Å². The van der Waals surface area contributed by atoms with Gasteiger partial charge < -0.3 is 16.2 Å². The average Bonchev–Trinajstić information content (AvgIpc) is 2.79. The van der Waals surface area contributed by atoms with Crippen LogP contribution >= 0.6 is 24.8 Å². The highest BCUT2D eigenvalue weighted by Crippen LogP contribution is 2.33. The van der Waals surface area contributed by atoms with Gasteiger partial charge in [0, 0.05) is 29.8 Å². The van der Waals surface area contributed by atoms with Crippen LogP contribution in [0.4, 0.5) is 0 Å². The van der Waals surface area contributed by atoms with E-state index >= 15 is 0 Å². The molecule has 194 valence electrons. The van der Waals surface area contributed by atoms with Crippen molar-refractivity contribution in [1.82, 2.24) is 4.98 Å². The maximum atomic E-state index is 13.3. The number of nitrogens with zero attached hydrogens (tertiary/aromatic N) is 1. The lowest BCUT2D eigenvalue weighted by Gasteiger charge is -2.20. The van der Waals surface area contributed by atoms with E-state index in [9.17, 15) is 9.59 Å². The zero-order valence-electron chi connectivity index (χ0n) is 21.2. The van der Waals surface area contributed by atoms with Crippen molar-refractivity contribution in [3.05, 3.63) is 87.7 Å². The molecule has 3 aromatic rings. The zero-order chi connectivity index (χ0) is 24.8. The first-order valence-corrected chi connectivity index (χ1v) is 11.6. The Bertz CT molecular complexity index is 1180. The van der Waals surface area contributed by atoms with E-state index in [1.807, 2.05) is 50.2 Å². The standard InChI is InChI=1S/C28H33N3O3.2ClH/c1-17(2)15-24-23(16-29)26(21-9-5-18(3)6-10-21)25(19(4)31-24)28(33)34-14-13-20-7-11-22(12-8-20)27(30)32;;/h5-12,17H,13-16,29H2,1-4H3,(H2,30,32);2*1H. The number of aryl methyl sites for hydroxylation is 2. The third-order valence-corrected chi connectivity index (χ3v) is 5.78. The molecule has 0 saturated carbocycles. The van der Waals surface area contributed by atoms with E-state index in [0.29, 0.717) is 29.2 Å². The number of primary amides is 1. The van der Waals surface area contributed by atoms with Crippen LogP contribution in [0.2, 0.25) is 0 Å². The first kappa shape index (κ1) is 31.1. The van der Waals surface area contributed by atoms with Gasteiger partial charge in [-0.15, -0.1) is 24.8 Å². The Kier molecular flexibility index (Phi) is 12.1. The first-order valence-electron chi connectivity index (χ1n) is 11.6. The number of hydrogen-bond donors (Lipinski definition) is 2. The highest BCUT2D eigenvalue weighted by Gasteiger charge is 2.24. The maximum Gasteiger partial charge on any atom is 0.340 e. The van der Waals surface area contributed by atoms with Crippen molar-refractivity contribution < 1.29 is 14.3 Å². The molecule has 2 aromatic carbocycles. The highest BCUT2D eigenvalue weighted by atomic mass is 35.5. The summed E-state index contributed by atoms with van der Waals surface area (Å²) in [6.07, 6.45) is 1.30. The number of ether oxygens (including phenoxy) is 1. The minimum atomic E-state index is -0.471. The smallest absolute Gasteiger partial charge is 0.340 e. The van der Waals surface area contributed by atoms with Gasteiger partial charge >= 0.3 is 5.97 Å². The molecule has 0 aliphatic heterocycles. The van der Waals surface area contributed by atoms with Crippen LogP contribution in [-0.2, 0) is 24.1 Å². The zero-order valence-corrected chi connectivity index (χ0v) is 22.8. The van der Waals surface area contributed by atoms with Crippen molar-refractivity contribution in [3.63, 3.8) is 0 Å². The van der Waals surface area contributed by atoms with E-state index in [4.69, 9.17) is 21.2 Å². The fourth-order valence-electron chi connectivity index (χ4n) is 4.04. The van der Waals surface area contributed by atoms with Crippen LogP contribution in [0.15, 0.2) is 48.5 Å². The van der Waals surface area contributed by atoms with E-state index in [1.165, 1.54) is 0 Å². The molecule has 0 unspecified atom stereocenters. The van der Waals surface area contributed by atoms with Crippen LogP contribution in [0.1, 0.15) is 62.6 Å². The molecule has 4 N–H and O–H groups in total. The summed E-state index contributed by atoms with van der Waals surface area (Å²) in [7, 11) is 0. The molecule has 0 saturated heterocycles. The van der Waals surface area contributed by atoms with Crippen molar-refractivity contribution in [3.8, 4) is 11.1 Å². The molecule has 0 radical (unpaired) electrons. The Labute approximate surface area is 225 Å². The summed E-state index contributed by atoms with van der Waals surface area (Å²) in [5, 5.41) is 0. The van der Waals surface area contributed by atoms with Crippen molar-refractivity contribution in [2.45, 2.75) is 47.1 Å².